The molecular formula is C12H17NOS. The van der Waals surface area contributed by atoms with Gasteiger partial charge in [0.15, 0.2) is 0 Å². The van der Waals surface area contributed by atoms with Gasteiger partial charge in [-0.25, -0.2) is 4.98 Å². The Bertz CT molecular complexity index is 304. The fourth-order valence-corrected chi connectivity index (χ4v) is 3.06. The van der Waals surface area contributed by atoms with Gasteiger partial charge in [0.2, 0.25) is 0 Å². The van der Waals surface area contributed by atoms with Crippen molar-refractivity contribution in [3.8, 4) is 0 Å². The highest BCUT2D eigenvalue weighted by Gasteiger charge is 2.16. The largest absolute Gasteiger partial charge is 0.389 e. The third-order valence-corrected chi connectivity index (χ3v) is 4.12. The number of aromatic nitrogens is 1. The minimum absolute atomic E-state index is 0.414. The number of pyridine rings is 1. The van der Waals surface area contributed by atoms with Gasteiger partial charge in [-0.15, -0.1) is 11.8 Å². The molecule has 1 aromatic heterocycles. The third kappa shape index (κ3) is 2.95. The van der Waals surface area contributed by atoms with E-state index in [4.69, 9.17) is 0 Å². The highest BCUT2D eigenvalue weighted by Crippen LogP contribution is 2.33. The summed E-state index contributed by atoms with van der Waals surface area (Å²) in [6.07, 6.45) is 6.74. The molecule has 0 bridgehead atoms. The Morgan fingerprint density at radius 3 is 2.67 bits per heavy atom. The number of nitrogens with zero attached hydrogens (tertiary/aromatic N) is 1. The van der Waals surface area contributed by atoms with Crippen molar-refractivity contribution in [2.45, 2.75) is 49.0 Å². The second-order valence-electron chi connectivity index (χ2n) is 4.13. The van der Waals surface area contributed by atoms with Crippen molar-refractivity contribution in [2.75, 3.05) is 0 Å². The van der Waals surface area contributed by atoms with Gasteiger partial charge in [-0.05, 0) is 31.4 Å². The number of hydrogen-bond acceptors (Lipinski definition) is 3. The maximum absolute atomic E-state index is 9.35. The van der Waals surface area contributed by atoms with Crippen LogP contribution in [-0.2, 0) is 0 Å². The van der Waals surface area contributed by atoms with Crippen LogP contribution in [0.1, 0.15) is 44.3 Å². The number of thioether (sulfide) groups is 1. The van der Waals surface area contributed by atoms with Gasteiger partial charge in [-0.3, -0.25) is 0 Å². The van der Waals surface area contributed by atoms with Crippen molar-refractivity contribution >= 4 is 11.8 Å². The molecule has 1 aliphatic rings. The highest BCUT2D eigenvalue weighted by molar-refractivity contribution is 7.99. The van der Waals surface area contributed by atoms with Crippen molar-refractivity contribution < 1.29 is 5.11 Å². The molecule has 1 aliphatic carbocycles. The average Bonchev–Trinajstić information content (AvgIpc) is 2.71. The first-order valence-corrected chi connectivity index (χ1v) is 6.44. The first-order valence-electron chi connectivity index (χ1n) is 5.56. The average molecular weight is 223 g/mol. The summed E-state index contributed by atoms with van der Waals surface area (Å²) in [4.78, 5) is 4.37. The molecule has 2 nitrogen and oxygen atoms in total. The molecule has 0 spiro atoms. The summed E-state index contributed by atoms with van der Waals surface area (Å²) in [7, 11) is 0. The Balaban J connectivity index is 1.97. The maximum atomic E-state index is 9.35. The predicted octanol–water partition coefficient (Wildman–Crippen LogP) is 3.17. The van der Waals surface area contributed by atoms with Crippen LogP contribution < -0.4 is 0 Å². The molecule has 1 saturated carbocycles. The van der Waals surface area contributed by atoms with Crippen molar-refractivity contribution in [3.63, 3.8) is 0 Å². The second kappa shape index (κ2) is 4.99. The molecule has 1 aromatic rings. The van der Waals surface area contributed by atoms with Crippen LogP contribution in [0.5, 0.6) is 0 Å². The molecule has 1 N–H and O–H groups in total. The smallest absolute Gasteiger partial charge is 0.0962 e. The van der Waals surface area contributed by atoms with Crippen molar-refractivity contribution in [3.05, 3.63) is 23.9 Å². The first-order chi connectivity index (χ1) is 7.25. The summed E-state index contributed by atoms with van der Waals surface area (Å²) < 4.78 is 0. The van der Waals surface area contributed by atoms with Crippen molar-refractivity contribution in [1.29, 1.82) is 0 Å². The molecular weight excluding hydrogens is 206 g/mol. The Kier molecular flexibility index (Phi) is 3.65. The van der Waals surface area contributed by atoms with Gasteiger partial charge in [0.25, 0.3) is 0 Å². The lowest BCUT2D eigenvalue weighted by Gasteiger charge is -2.09. The molecule has 1 unspecified atom stereocenters. The van der Waals surface area contributed by atoms with Gasteiger partial charge in [0, 0.05) is 11.4 Å². The van der Waals surface area contributed by atoms with E-state index in [0.717, 1.165) is 15.8 Å². The predicted molar refractivity (Wildman–Crippen MR) is 63.0 cm³/mol. The van der Waals surface area contributed by atoms with E-state index < -0.39 is 6.10 Å². The summed E-state index contributed by atoms with van der Waals surface area (Å²) in [5, 5.41) is 11.2. The first kappa shape index (κ1) is 11.0. The van der Waals surface area contributed by atoms with E-state index in [1.807, 2.05) is 23.9 Å². The lowest BCUT2D eigenvalue weighted by molar-refractivity contribution is 0.198. The van der Waals surface area contributed by atoms with Crippen molar-refractivity contribution in [2.24, 2.45) is 0 Å². The molecule has 1 fully saturated rings. The Labute approximate surface area is 95.1 Å². The van der Waals surface area contributed by atoms with Crippen LogP contribution in [0, 0.1) is 0 Å². The molecule has 15 heavy (non-hydrogen) atoms. The number of aliphatic hydroxyl groups excluding tert-OH is 1. The Morgan fingerprint density at radius 2 is 2.13 bits per heavy atom. The summed E-state index contributed by atoms with van der Waals surface area (Å²) in [5.74, 6) is 0. The zero-order valence-corrected chi connectivity index (χ0v) is 9.83. The van der Waals surface area contributed by atoms with E-state index in [1.54, 1.807) is 13.1 Å². The quantitative estimate of drug-likeness (QED) is 0.854. The van der Waals surface area contributed by atoms with E-state index in [9.17, 15) is 5.11 Å². The standard InChI is InChI=1S/C12H17NOS/c1-9(14)10-6-7-12(13-8-10)15-11-4-2-3-5-11/h6-9,11,14H,2-5H2,1H3. The molecule has 0 radical (unpaired) electrons. The van der Waals surface area contributed by atoms with E-state index >= 15 is 0 Å². The zero-order chi connectivity index (χ0) is 10.7. The summed E-state index contributed by atoms with van der Waals surface area (Å²) >= 11 is 1.88. The maximum Gasteiger partial charge on any atom is 0.0962 e. The molecule has 0 amide bonds. The van der Waals surface area contributed by atoms with Gasteiger partial charge in [-0.1, -0.05) is 18.9 Å². The molecule has 0 aromatic carbocycles. The number of rotatable bonds is 3. The fourth-order valence-electron chi connectivity index (χ4n) is 1.89. The monoisotopic (exact) mass is 223 g/mol. The number of aliphatic hydroxyl groups is 1. The second-order valence-corrected chi connectivity index (χ2v) is 5.45. The van der Waals surface area contributed by atoms with Crippen LogP contribution >= 0.6 is 11.8 Å². The normalized spacial score (nSPS) is 19.3. The molecule has 0 saturated heterocycles. The van der Waals surface area contributed by atoms with E-state index in [1.165, 1.54) is 25.7 Å². The van der Waals surface area contributed by atoms with Gasteiger partial charge in [-0.2, -0.15) is 0 Å². The third-order valence-electron chi connectivity index (χ3n) is 2.83. The lowest BCUT2D eigenvalue weighted by atomic mass is 10.2. The Morgan fingerprint density at radius 1 is 1.40 bits per heavy atom. The van der Waals surface area contributed by atoms with Gasteiger partial charge >= 0.3 is 0 Å². The molecule has 0 aliphatic heterocycles. The topological polar surface area (TPSA) is 33.1 Å². The SMILES string of the molecule is CC(O)c1ccc(SC2CCCC2)nc1. The van der Waals surface area contributed by atoms with E-state index in [0.29, 0.717) is 0 Å². The molecule has 1 atom stereocenters. The zero-order valence-electron chi connectivity index (χ0n) is 9.02. The van der Waals surface area contributed by atoms with Crippen LogP contribution in [0.2, 0.25) is 0 Å². The number of hydrogen-bond donors (Lipinski definition) is 1. The summed E-state index contributed by atoms with van der Waals surface area (Å²) in [6, 6.07) is 3.99. The van der Waals surface area contributed by atoms with Gasteiger partial charge < -0.3 is 5.11 Å². The fraction of sp³-hybridized carbons (Fsp3) is 0.583. The molecule has 3 heteroatoms. The summed E-state index contributed by atoms with van der Waals surface area (Å²) in [6.45, 7) is 1.76. The molecule has 2 rings (SSSR count). The van der Waals surface area contributed by atoms with Crippen LogP contribution in [0.4, 0.5) is 0 Å². The van der Waals surface area contributed by atoms with Crippen LogP contribution in [0.25, 0.3) is 0 Å². The van der Waals surface area contributed by atoms with Crippen LogP contribution in [0.15, 0.2) is 23.4 Å². The molecule has 1 heterocycles. The van der Waals surface area contributed by atoms with Crippen molar-refractivity contribution in [1.82, 2.24) is 4.98 Å². The lowest BCUT2D eigenvalue weighted by Crippen LogP contribution is -1.96. The van der Waals surface area contributed by atoms with Crippen LogP contribution in [0.3, 0.4) is 0 Å². The summed E-state index contributed by atoms with van der Waals surface area (Å²) in [5.41, 5.74) is 0.894. The van der Waals surface area contributed by atoms with Gasteiger partial charge in [0.05, 0.1) is 11.1 Å². The van der Waals surface area contributed by atoms with Crippen LogP contribution in [-0.4, -0.2) is 15.3 Å². The minimum atomic E-state index is -0.414. The minimum Gasteiger partial charge on any atom is -0.389 e. The van der Waals surface area contributed by atoms with E-state index in [-0.39, 0.29) is 0 Å². The highest BCUT2D eigenvalue weighted by atomic mass is 32.2. The van der Waals surface area contributed by atoms with Gasteiger partial charge in [0.1, 0.15) is 0 Å². The molecule has 82 valence electrons. The Hall–Kier alpha value is -0.540. The van der Waals surface area contributed by atoms with E-state index in [2.05, 4.69) is 4.98 Å².